The summed E-state index contributed by atoms with van der Waals surface area (Å²) in [6.45, 7) is 2.14. The van der Waals surface area contributed by atoms with Gasteiger partial charge in [0.25, 0.3) is 5.91 Å². The maximum Gasteiger partial charge on any atom is 0.253 e. The average Bonchev–Trinajstić information content (AvgIpc) is 2.70. The Labute approximate surface area is 158 Å². The number of likely N-dealkylation sites (N-methyl/N-ethyl adjacent to an activating group) is 1. The van der Waals surface area contributed by atoms with Crippen LogP contribution in [-0.4, -0.2) is 60.1 Å². The third-order valence-corrected chi connectivity index (χ3v) is 5.08. The number of rotatable bonds is 4. The van der Waals surface area contributed by atoms with E-state index in [1.165, 1.54) is 12.1 Å². The highest BCUT2D eigenvalue weighted by molar-refractivity contribution is 5.94. The van der Waals surface area contributed by atoms with E-state index in [4.69, 9.17) is 5.26 Å². The zero-order valence-corrected chi connectivity index (χ0v) is 15.2. The van der Waals surface area contributed by atoms with E-state index in [9.17, 15) is 14.3 Å². The summed E-state index contributed by atoms with van der Waals surface area (Å²) >= 11 is 0. The number of nitriles is 1. The predicted molar refractivity (Wildman–Crippen MR) is 101 cm³/mol. The zero-order valence-electron chi connectivity index (χ0n) is 15.2. The second-order valence-corrected chi connectivity index (χ2v) is 6.78. The Bertz CT molecular complexity index is 861. The minimum absolute atomic E-state index is 0.0000135. The molecule has 1 saturated heterocycles. The highest BCUT2D eigenvalue weighted by Gasteiger charge is 2.27. The van der Waals surface area contributed by atoms with Gasteiger partial charge in [-0.3, -0.25) is 9.69 Å². The summed E-state index contributed by atoms with van der Waals surface area (Å²) in [6.07, 6.45) is 0.644. The highest BCUT2D eigenvalue weighted by atomic mass is 19.1. The molecule has 1 atom stereocenters. The van der Waals surface area contributed by atoms with E-state index in [-0.39, 0.29) is 24.1 Å². The van der Waals surface area contributed by atoms with E-state index in [0.29, 0.717) is 25.1 Å². The molecule has 1 aliphatic rings. The van der Waals surface area contributed by atoms with E-state index >= 15 is 0 Å². The van der Waals surface area contributed by atoms with Gasteiger partial charge in [0.15, 0.2) is 0 Å². The predicted octanol–water partition coefficient (Wildman–Crippen LogP) is 2.50. The van der Waals surface area contributed by atoms with Gasteiger partial charge in [0.05, 0.1) is 5.56 Å². The normalized spacial score (nSPS) is 17.6. The van der Waals surface area contributed by atoms with Crippen LogP contribution in [0.5, 0.6) is 0 Å². The van der Waals surface area contributed by atoms with Gasteiger partial charge >= 0.3 is 0 Å². The minimum Gasteiger partial charge on any atom is -0.396 e. The molecular formula is C21H22FN3O2. The average molecular weight is 367 g/mol. The van der Waals surface area contributed by atoms with Gasteiger partial charge in [-0.1, -0.05) is 18.2 Å². The van der Waals surface area contributed by atoms with Crippen LogP contribution in [0.15, 0.2) is 42.5 Å². The number of carbonyl (C=O) groups is 1. The molecule has 140 valence electrons. The SMILES string of the molecule is CN1CCN(C(=O)c2ccc(-c3ccc(F)c(C#N)c3)cc2)C[C@@H]1CCO. The Hall–Kier alpha value is -2.75. The van der Waals surface area contributed by atoms with Crippen molar-refractivity contribution in [2.24, 2.45) is 0 Å². The Kier molecular flexibility index (Phi) is 5.84. The summed E-state index contributed by atoms with van der Waals surface area (Å²) in [5, 5.41) is 18.2. The number of hydrogen-bond donors (Lipinski definition) is 1. The van der Waals surface area contributed by atoms with Crippen molar-refractivity contribution in [3.63, 3.8) is 0 Å². The zero-order chi connectivity index (χ0) is 19.4. The molecule has 0 unspecified atom stereocenters. The molecule has 0 radical (unpaired) electrons. The molecule has 0 aliphatic carbocycles. The standard InChI is InChI=1S/C21H22FN3O2/c1-24-9-10-25(14-19(24)8-11-26)21(27)16-4-2-15(3-5-16)17-6-7-20(22)18(12-17)13-23/h2-7,12,19,26H,8-11,14H2,1H3/t19-/m0/s1. The minimum atomic E-state index is -0.541. The fourth-order valence-corrected chi connectivity index (χ4v) is 3.37. The molecule has 0 aromatic heterocycles. The quantitative estimate of drug-likeness (QED) is 0.902. The number of benzene rings is 2. The Morgan fingerprint density at radius 2 is 1.93 bits per heavy atom. The summed E-state index contributed by atoms with van der Waals surface area (Å²) in [4.78, 5) is 16.8. The lowest BCUT2D eigenvalue weighted by molar-refractivity contribution is 0.0500. The summed E-state index contributed by atoms with van der Waals surface area (Å²) in [5.41, 5.74) is 2.14. The Morgan fingerprint density at radius 1 is 1.22 bits per heavy atom. The number of aliphatic hydroxyl groups is 1. The van der Waals surface area contributed by atoms with Crippen LogP contribution in [-0.2, 0) is 0 Å². The molecule has 0 spiro atoms. The molecule has 1 aliphatic heterocycles. The molecular weight excluding hydrogens is 345 g/mol. The maximum atomic E-state index is 13.5. The van der Waals surface area contributed by atoms with Crippen LogP contribution in [0.4, 0.5) is 4.39 Å². The monoisotopic (exact) mass is 367 g/mol. The molecule has 1 fully saturated rings. The fraction of sp³-hybridized carbons (Fsp3) is 0.333. The van der Waals surface area contributed by atoms with Crippen molar-refractivity contribution in [1.82, 2.24) is 9.80 Å². The van der Waals surface area contributed by atoms with Crippen LogP contribution in [0.1, 0.15) is 22.3 Å². The number of carbonyl (C=O) groups excluding carboxylic acids is 1. The first-order valence-corrected chi connectivity index (χ1v) is 8.94. The first-order valence-electron chi connectivity index (χ1n) is 8.94. The van der Waals surface area contributed by atoms with E-state index in [0.717, 1.165) is 17.7 Å². The van der Waals surface area contributed by atoms with E-state index in [2.05, 4.69) is 4.90 Å². The van der Waals surface area contributed by atoms with Gasteiger partial charge in [-0.25, -0.2) is 4.39 Å². The molecule has 2 aromatic carbocycles. The lowest BCUT2D eigenvalue weighted by Crippen LogP contribution is -2.53. The van der Waals surface area contributed by atoms with Gasteiger partial charge in [-0.2, -0.15) is 5.26 Å². The number of hydrogen-bond acceptors (Lipinski definition) is 4. The van der Waals surface area contributed by atoms with E-state index in [1.54, 1.807) is 18.2 Å². The van der Waals surface area contributed by atoms with Gasteiger partial charge in [0.2, 0.25) is 0 Å². The van der Waals surface area contributed by atoms with Crippen molar-refractivity contribution in [2.75, 3.05) is 33.3 Å². The Morgan fingerprint density at radius 3 is 2.59 bits per heavy atom. The summed E-state index contributed by atoms with van der Waals surface area (Å²) < 4.78 is 13.5. The first-order chi connectivity index (χ1) is 13.0. The van der Waals surface area contributed by atoms with Gasteiger partial charge in [-0.15, -0.1) is 0 Å². The number of nitrogens with zero attached hydrogens (tertiary/aromatic N) is 3. The van der Waals surface area contributed by atoms with Gasteiger partial charge in [0, 0.05) is 37.8 Å². The fourth-order valence-electron chi connectivity index (χ4n) is 3.37. The second kappa shape index (κ2) is 8.30. The van der Waals surface area contributed by atoms with Crippen LogP contribution in [0.25, 0.3) is 11.1 Å². The van der Waals surface area contributed by atoms with Crippen molar-refractivity contribution in [3.05, 3.63) is 59.4 Å². The van der Waals surface area contributed by atoms with Crippen LogP contribution in [0, 0.1) is 17.1 Å². The van der Waals surface area contributed by atoms with Crippen molar-refractivity contribution < 1.29 is 14.3 Å². The van der Waals surface area contributed by atoms with Crippen LogP contribution in [0.2, 0.25) is 0 Å². The molecule has 1 N–H and O–H groups in total. The summed E-state index contributed by atoms with van der Waals surface area (Å²) in [5.74, 6) is -0.574. The smallest absolute Gasteiger partial charge is 0.253 e. The second-order valence-electron chi connectivity index (χ2n) is 6.78. The molecule has 5 nitrogen and oxygen atoms in total. The number of piperazine rings is 1. The number of halogens is 1. The van der Waals surface area contributed by atoms with Crippen molar-refractivity contribution in [3.8, 4) is 17.2 Å². The highest BCUT2D eigenvalue weighted by Crippen LogP contribution is 2.23. The van der Waals surface area contributed by atoms with Crippen LogP contribution in [0.3, 0.4) is 0 Å². The molecule has 6 heteroatoms. The maximum absolute atomic E-state index is 13.5. The van der Waals surface area contributed by atoms with Crippen LogP contribution >= 0.6 is 0 Å². The molecule has 1 heterocycles. The van der Waals surface area contributed by atoms with Crippen LogP contribution < -0.4 is 0 Å². The lowest BCUT2D eigenvalue weighted by Gasteiger charge is -2.39. The lowest BCUT2D eigenvalue weighted by atomic mass is 10.0. The van der Waals surface area contributed by atoms with Crippen molar-refractivity contribution in [1.29, 1.82) is 5.26 Å². The largest absolute Gasteiger partial charge is 0.396 e. The summed E-state index contributed by atoms with van der Waals surface area (Å²) in [7, 11) is 2.01. The van der Waals surface area contributed by atoms with Gasteiger partial charge in [0.1, 0.15) is 11.9 Å². The Balaban J connectivity index is 1.75. The molecule has 2 aromatic rings. The third kappa shape index (κ3) is 4.16. The molecule has 0 bridgehead atoms. The number of amides is 1. The summed E-state index contributed by atoms with van der Waals surface area (Å²) in [6, 6.07) is 13.5. The molecule has 1 amide bonds. The first kappa shape index (κ1) is 19.0. The number of aliphatic hydroxyl groups excluding tert-OH is 1. The van der Waals surface area contributed by atoms with E-state index < -0.39 is 5.82 Å². The molecule has 27 heavy (non-hydrogen) atoms. The van der Waals surface area contributed by atoms with Crippen molar-refractivity contribution >= 4 is 5.91 Å². The van der Waals surface area contributed by atoms with Gasteiger partial charge < -0.3 is 10.0 Å². The molecule has 0 saturated carbocycles. The molecule has 3 rings (SSSR count). The van der Waals surface area contributed by atoms with Gasteiger partial charge in [-0.05, 0) is 48.9 Å². The third-order valence-electron chi connectivity index (χ3n) is 5.08. The topological polar surface area (TPSA) is 67.6 Å². The van der Waals surface area contributed by atoms with E-state index in [1.807, 2.05) is 30.1 Å². The van der Waals surface area contributed by atoms with Crippen molar-refractivity contribution in [2.45, 2.75) is 12.5 Å².